The average molecular weight is 265 g/mol. The summed E-state index contributed by atoms with van der Waals surface area (Å²) in [5.74, 6) is 0. The summed E-state index contributed by atoms with van der Waals surface area (Å²) in [5, 5.41) is 24.0. The predicted octanol–water partition coefficient (Wildman–Crippen LogP) is -10.6. The van der Waals surface area contributed by atoms with Crippen LogP contribution in [0.1, 0.15) is 0 Å². The van der Waals surface area contributed by atoms with Crippen LogP contribution in [0.25, 0.3) is 0 Å². The second-order valence-electron chi connectivity index (χ2n) is 0.715. The zero-order valence-corrected chi connectivity index (χ0v) is 11.9. The van der Waals surface area contributed by atoms with Crippen LogP contribution < -0.4 is 69.2 Å². The van der Waals surface area contributed by atoms with Crippen LogP contribution >= 0.6 is 0 Å². The van der Waals surface area contributed by atoms with E-state index < -0.39 is 17.7 Å². The van der Waals surface area contributed by atoms with E-state index in [-0.39, 0.29) is 76.2 Å². The van der Waals surface area contributed by atoms with Crippen molar-refractivity contribution < 1.29 is 109 Å². The van der Waals surface area contributed by atoms with E-state index in [0.29, 0.717) is 0 Å². The summed E-state index contributed by atoms with van der Waals surface area (Å²) < 4.78 is 34.1. The van der Waals surface area contributed by atoms with E-state index in [1.807, 2.05) is 0 Å². The zero-order chi connectivity index (χ0) is 8.08. The molecule has 0 atom stereocenters. The Balaban J connectivity index is -0.0000000221. The summed E-state index contributed by atoms with van der Waals surface area (Å²) in [7, 11) is -7.83. The van der Waals surface area contributed by atoms with Crippen LogP contribution in [0.5, 0.6) is 0 Å². The third-order valence-electron chi connectivity index (χ3n) is 0. The molecule has 0 aliphatic heterocycles. The fraction of sp³-hybridized carbons (Fsp3) is 0. The van der Waals surface area contributed by atoms with Gasteiger partial charge in [-0.25, -0.2) is 0 Å². The van der Waals surface area contributed by atoms with Gasteiger partial charge in [0.25, 0.3) is 0 Å². The molecule has 0 heterocycles. The maximum Gasteiger partial charge on any atom is 2.00 e. The first kappa shape index (κ1) is 29.3. The third kappa shape index (κ3) is 291. The van der Waals surface area contributed by atoms with Gasteiger partial charge in [0, 0.05) is 10.4 Å². The first-order chi connectivity index (χ1) is 3.73. The van der Waals surface area contributed by atoms with Gasteiger partial charge in [0.1, 0.15) is 0 Å². The van der Waals surface area contributed by atoms with Crippen molar-refractivity contribution in [2.45, 2.75) is 0 Å². The van der Waals surface area contributed by atoms with Crippen molar-refractivity contribution in [3.63, 3.8) is 0 Å². The number of rotatable bonds is 0. The van der Waals surface area contributed by atoms with E-state index in [0.717, 1.165) is 0 Å². The minimum Gasteiger partial charge on any atom is -0.871 e. The van der Waals surface area contributed by atoms with Crippen LogP contribution in [0.15, 0.2) is 0 Å². The average Bonchev–Trinajstić information content (AvgIpc) is 1.19. The normalized spacial score (nSPS) is 7.08. The Morgan fingerprint density at radius 2 is 1.08 bits per heavy atom. The van der Waals surface area contributed by atoms with Gasteiger partial charge in [0.2, 0.25) is 0 Å². The minimum atomic E-state index is -5.17. The van der Waals surface area contributed by atoms with E-state index in [2.05, 4.69) is 0 Å². The molecule has 0 spiro atoms. The molecule has 7 nitrogen and oxygen atoms in total. The van der Waals surface area contributed by atoms with Gasteiger partial charge in [0.15, 0.2) is 0 Å². The summed E-state index contributed by atoms with van der Waals surface area (Å²) in [5.41, 5.74) is 0. The van der Waals surface area contributed by atoms with Gasteiger partial charge in [-0.1, -0.05) is 0 Å². The van der Waals surface area contributed by atoms with E-state index in [1.54, 1.807) is 0 Å². The van der Waals surface area contributed by atoms with E-state index >= 15 is 0 Å². The molecule has 0 aliphatic carbocycles. The second-order valence-corrected chi connectivity index (χ2v) is 1.53. The Morgan fingerprint density at radius 1 is 1.08 bits per heavy atom. The summed E-state index contributed by atoms with van der Waals surface area (Å²) in [6.07, 6.45) is 0. The first-order valence-corrected chi connectivity index (χ1v) is 2.73. The van der Waals surface area contributed by atoms with Crippen molar-refractivity contribution in [1.29, 1.82) is 0 Å². The minimum absolute atomic E-state index is 0. The molecule has 0 saturated carbocycles. The third-order valence-corrected chi connectivity index (χ3v) is 0. The Morgan fingerprint density at radius 3 is 1.08 bits per heavy atom. The van der Waals surface area contributed by atoms with Crippen LogP contribution in [0, 0.1) is 0 Å². The topological polar surface area (TPSA) is 147 Å². The number of hydrogen-bond acceptors (Lipinski definition) is 7. The van der Waals surface area contributed by atoms with Crippen molar-refractivity contribution in [2.24, 2.45) is 0 Å². The van der Waals surface area contributed by atoms with Gasteiger partial charge in [-0.05, 0) is 0 Å². The molecule has 0 rings (SSSR count). The van der Waals surface area contributed by atoms with Crippen molar-refractivity contribution in [1.82, 2.24) is 0 Å². The van der Waals surface area contributed by atoms with Crippen molar-refractivity contribution in [2.75, 3.05) is 0 Å². The Bertz CT molecular complexity index is 133. The van der Waals surface area contributed by atoms with Gasteiger partial charge in [-0.2, -0.15) is 0 Å². The largest absolute Gasteiger partial charge is 2.00 e. The quantitative estimate of drug-likeness (QED) is 0.260. The Labute approximate surface area is 125 Å². The van der Waals surface area contributed by atoms with Crippen molar-refractivity contribution in [3.05, 3.63) is 0 Å². The zero-order valence-electron chi connectivity index (χ0n) is 6.18. The van der Waals surface area contributed by atoms with Gasteiger partial charge >= 0.3 is 76.2 Å². The molecule has 0 bridgehead atoms. The van der Waals surface area contributed by atoms with Crippen LogP contribution in [-0.2, 0) is 27.5 Å². The molecule has 65 valence electrons. The van der Waals surface area contributed by atoms with E-state index in [1.165, 1.54) is 0 Å². The smallest absolute Gasteiger partial charge is 0.871 e. The standard InChI is InChI=1S/BHO3.Cu.2Na.H2O4S/c2-1(3)4;;;;1-5(2,3)4/h2H;;;;(H2,1,2,3,4)/q-2;+2;2*+1;/p-2. The summed E-state index contributed by atoms with van der Waals surface area (Å²) in [6.45, 7) is 0. The van der Waals surface area contributed by atoms with Gasteiger partial charge < -0.3 is 24.2 Å². The monoisotopic (exact) mass is 265 g/mol. The predicted molar refractivity (Wildman–Crippen MR) is 18.4 cm³/mol. The second kappa shape index (κ2) is 15.8. The van der Waals surface area contributed by atoms with Crippen molar-refractivity contribution in [3.8, 4) is 0 Å². The fourth-order valence-electron chi connectivity index (χ4n) is 0. The summed E-state index contributed by atoms with van der Waals surface area (Å²) in [6, 6.07) is 0. The molecule has 0 aromatic heterocycles. The van der Waals surface area contributed by atoms with Crippen LogP contribution in [0.2, 0.25) is 0 Å². The molecule has 1 N–H and O–H groups in total. The molecule has 0 aromatic rings. The Kier molecular flexibility index (Phi) is 38.5. The number of hydrogen-bond donors (Lipinski definition) is 1. The molecule has 12 heavy (non-hydrogen) atoms. The molecule has 0 unspecified atom stereocenters. The molecule has 0 saturated heterocycles. The molecular weight excluding hydrogens is 264 g/mol. The molecule has 0 aliphatic rings. The molecule has 12 heteroatoms. The fourth-order valence-corrected chi connectivity index (χ4v) is 0. The maximum atomic E-state index is 8.53. The van der Waals surface area contributed by atoms with Crippen LogP contribution in [0.3, 0.4) is 0 Å². The van der Waals surface area contributed by atoms with E-state index in [9.17, 15) is 0 Å². The summed E-state index contributed by atoms with van der Waals surface area (Å²) in [4.78, 5) is 0. The Hall–Kier alpha value is 2.33. The molecule has 0 fully saturated rings. The SMILES string of the molecule is O=S(=O)([O-])[O-].[Cu+2].[Na+].[Na+].[O-]B([O-])O. The van der Waals surface area contributed by atoms with Crippen LogP contribution in [-0.4, -0.2) is 29.9 Å². The summed E-state index contributed by atoms with van der Waals surface area (Å²) >= 11 is 0. The molecule has 0 aromatic carbocycles. The van der Waals surface area contributed by atoms with Crippen molar-refractivity contribution >= 4 is 17.7 Å². The molecule has 1 radical (unpaired) electrons. The van der Waals surface area contributed by atoms with Gasteiger partial charge in [-0.3, -0.25) is 8.42 Å². The first-order valence-electron chi connectivity index (χ1n) is 1.40. The van der Waals surface area contributed by atoms with Gasteiger partial charge in [-0.15, -0.1) is 0 Å². The molecule has 0 amide bonds. The molecular formula is HBCuNa2O7S. The maximum absolute atomic E-state index is 8.53. The van der Waals surface area contributed by atoms with Gasteiger partial charge in [0.05, 0.1) is 7.32 Å². The van der Waals surface area contributed by atoms with E-state index in [4.69, 9.17) is 32.6 Å². The van der Waals surface area contributed by atoms with Crippen LogP contribution in [0.4, 0.5) is 0 Å².